The van der Waals surface area contributed by atoms with Crippen LogP contribution < -0.4 is 10.1 Å². The number of aliphatic hydroxyl groups is 1. The summed E-state index contributed by atoms with van der Waals surface area (Å²) in [6.45, 7) is 0.740. The van der Waals surface area contributed by atoms with Crippen LogP contribution in [0.25, 0.3) is 27.7 Å². The van der Waals surface area contributed by atoms with E-state index in [2.05, 4.69) is 15.3 Å². The molecule has 3 heterocycles. The van der Waals surface area contributed by atoms with Crippen LogP contribution in [0, 0.1) is 5.82 Å². The third-order valence-corrected chi connectivity index (χ3v) is 4.48. The number of nitrogens with zero attached hydrogens (tertiary/aromatic N) is 1. The first-order valence-corrected chi connectivity index (χ1v) is 8.06. The summed E-state index contributed by atoms with van der Waals surface area (Å²) in [5.41, 5.74) is 4.29. The molecule has 27 heavy (non-hydrogen) atoms. The molecule has 4 rings (SSSR count). The van der Waals surface area contributed by atoms with Crippen molar-refractivity contribution in [3.05, 3.63) is 54.1 Å². The lowest BCUT2D eigenvalue weighted by molar-refractivity contribution is 0.271. The highest BCUT2D eigenvalue weighted by Gasteiger charge is 2.18. The molecule has 5 nitrogen and oxygen atoms in total. The van der Waals surface area contributed by atoms with Gasteiger partial charge in [0.15, 0.2) is 0 Å². The number of aliphatic hydroxyl groups excluding tert-OH is 1. The minimum atomic E-state index is -0.315. The number of pyridine rings is 1. The molecule has 0 radical (unpaired) electrons. The van der Waals surface area contributed by atoms with Crippen LogP contribution in [0.2, 0.25) is 0 Å². The van der Waals surface area contributed by atoms with Crippen LogP contribution in [-0.2, 0) is 0 Å². The summed E-state index contributed by atoms with van der Waals surface area (Å²) in [6.07, 6.45) is 3.70. The van der Waals surface area contributed by atoms with E-state index in [4.69, 9.17) is 4.74 Å². The first-order valence-electron chi connectivity index (χ1n) is 8.06. The Morgan fingerprint density at radius 2 is 2.04 bits per heavy atom. The summed E-state index contributed by atoms with van der Waals surface area (Å²) in [6, 6.07) is 8.31. The molecule has 0 bridgehead atoms. The molecule has 0 amide bonds. The van der Waals surface area contributed by atoms with Gasteiger partial charge in [0.2, 0.25) is 0 Å². The molecule has 0 fully saturated rings. The van der Waals surface area contributed by atoms with Crippen LogP contribution >= 0.6 is 24.8 Å². The molecule has 8 heteroatoms. The number of halogens is 3. The maximum absolute atomic E-state index is 13.8. The van der Waals surface area contributed by atoms with Crippen molar-refractivity contribution in [1.82, 2.24) is 15.3 Å². The molecule has 3 aromatic rings. The van der Waals surface area contributed by atoms with Crippen LogP contribution in [0.5, 0.6) is 5.75 Å². The van der Waals surface area contributed by atoms with Gasteiger partial charge in [-0.25, -0.2) is 9.37 Å². The number of aromatic nitrogens is 2. The summed E-state index contributed by atoms with van der Waals surface area (Å²) >= 11 is 0. The molecule has 0 saturated heterocycles. The maximum Gasteiger partial charge on any atom is 0.138 e. The number of rotatable bonds is 4. The second kappa shape index (κ2) is 8.71. The zero-order chi connectivity index (χ0) is 17.4. The molecule has 0 saturated carbocycles. The first-order chi connectivity index (χ1) is 12.2. The van der Waals surface area contributed by atoms with Crippen molar-refractivity contribution in [3.63, 3.8) is 0 Å². The van der Waals surface area contributed by atoms with Crippen molar-refractivity contribution in [2.24, 2.45) is 0 Å². The van der Waals surface area contributed by atoms with Crippen LogP contribution in [0.15, 0.2) is 42.6 Å². The van der Waals surface area contributed by atoms with Crippen molar-refractivity contribution in [2.75, 3.05) is 20.3 Å². The van der Waals surface area contributed by atoms with Gasteiger partial charge in [-0.3, -0.25) is 0 Å². The van der Waals surface area contributed by atoms with Crippen molar-refractivity contribution in [1.29, 1.82) is 0 Å². The third kappa shape index (κ3) is 3.94. The minimum Gasteiger partial charge on any atom is -0.496 e. The number of benzene rings is 1. The SMILES string of the molecule is COc1ccc(F)cc1-c1ccnc2[nH]c(C3=CC(CO)NC3)cc12.Cl.Cl. The third-order valence-electron chi connectivity index (χ3n) is 4.48. The highest BCUT2D eigenvalue weighted by Crippen LogP contribution is 2.36. The zero-order valence-electron chi connectivity index (χ0n) is 14.5. The standard InChI is InChI=1S/C19H18FN3O2.2ClH/c1-25-18-3-2-12(20)7-15(18)14-4-5-21-19-16(14)8-17(23-19)11-6-13(10-24)22-9-11;;/h2-8,13,22,24H,9-10H2,1H3,(H,21,23);2*1H. The number of methoxy groups -OCH3 is 1. The summed E-state index contributed by atoms with van der Waals surface area (Å²) in [7, 11) is 1.57. The molecule has 1 aromatic carbocycles. The van der Waals surface area contributed by atoms with Gasteiger partial charge in [0.1, 0.15) is 17.2 Å². The van der Waals surface area contributed by atoms with Gasteiger partial charge >= 0.3 is 0 Å². The predicted molar refractivity (Wildman–Crippen MR) is 109 cm³/mol. The smallest absolute Gasteiger partial charge is 0.138 e. The summed E-state index contributed by atoms with van der Waals surface area (Å²) in [5.74, 6) is 0.295. The summed E-state index contributed by atoms with van der Waals surface area (Å²) in [5, 5.41) is 13.4. The molecule has 1 atom stereocenters. The molecular weight excluding hydrogens is 392 g/mol. The predicted octanol–water partition coefficient (Wildman–Crippen LogP) is 3.57. The quantitative estimate of drug-likeness (QED) is 0.613. The van der Waals surface area contributed by atoms with Gasteiger partial charge < -0.3 is 20.1 Å². The Hall–Kier alpha value is -2.12. The Labute approximate surface area is 168 Å². The van der Waals surface area contributed by atoms with Crippen LogP contribution in [0.4, 0.5) is 4.39 Å². The molecule has 1 aliphatic heterocycles. The second-order valence-corrected chi connectivity index (χ2v) is 6.01. The highest BCUT2D eigenvalue weighted by atomic mass is 35.5. The molecule has 1 unspecified atom stereocenters. The van der Waals surface area contributed by atoms with E-state index in [9.17, 15) is 9.50 Å². The Kier molecular flexibility index (Phi) is 6.84. The summed E-state index contributed by atoms with van der Waals surface area (Å²) in [4.78, 5) is 7.70. The monoisotopic (exact) mass is 411 g/mol. The first kappa shape index (κ1) is 21.2. The number of nitrogens with one attached hydrogen (secondary N) is 2. The lowest BCUT2D eigenvalue weighted by Crippen LogP contribution is -2.25. The fourth-order valence-corrected chi connectivity index (χ4v) is 3.23. The van der Waals surface area contributed by atoms with Gasteiger partial charge in [-0.15, -0.1) is 24.8 Å². The number of hydrogen-bond acceptors (Lipinski definition) is 4. The van der Waals surface area contributed by atoms with Crippen molar-refractivity contribution >= 4 is 41.4 Å². The minimum absolute atomic E-state index is 0. The van der Waals surface area contributed by atoms with Crippen LogP contribution in [0.1, 0.15) is 5.69 Å². The normalized spacial score (nSPS) is 15.8. The maximum atomic E-state index is 13.8. The van der Waals surface area contributed by atoms with Gasteiger partial charge in [0.05, 0.1) is 13.7 Å². The molecule has 144 valence electrons. The average molecular weight is 412 g/mol. The van der Waals surface area contributed by atoms with Crippen molar-refractivity contribution < 1.29 is 14.2 Å². The molecule has 3 N–H and O–H groups in total. The van der Waals surface area contributed by atoms with Gasteiger partial charge in [-0.2, -0.15) is 0 Å². The van der Waals surface area contributed by atoms with Crippen LogP contribution in [0.3, 0.4) is 0 Å². The number of ether oxygens (including phenoxy) is 1. The van der Waals surface area contributed by atoms with Crippen molar-refractivity contribution in [2.45, 2.75) is 6.04 Å². The van der Waals surface area contributed by atoms with Gasteiger partial charge in [0.25, 0.3) is 0 Å². The number of hydrogen-bond donors (Lipinski definition) is 3. The lowest BCUT2D eigenvalue weighted by Gasteiger charge is -2.09. The number of fused-ring (bicyclic) bond motifs is 1. The summed E-state index contributed by atoms with van der Waals surface area (Å²) < 4.78 is 19.2. The van der Waals surface area contributed by atoms with Crippen molar-refractivity contribution in [3.8, 4) is 16.9 Å². The van der Waals surface area contributed by atoms with E-state index in [-0.39, 0.29) is 43.3 Å². The lowest BCUT2D eigenvalue weighted by atomic mass is 10.0. The fourth-order valence-electron chi connectivity index (χ4n) is 3.23. The Morgan fingerprint density at radius 1 is 1.22 bits per heavy atom. The second-order valence-electron chi connectivity index (χ2n) is 6.01. The Morgan fingerprint density at radius 3 is 2.74 bits per heavy atom. The molecule has 0 spiro atoms. The largest absolute Gasteiger partial charge is 0.496 e. The van der Waals surface area contributed by atoms with Crippen LogP contribution in [-0.4, -0.2) is 41.4 Å². The highest BCUT2D eigenvalue weighted by molar-refractivity contribution is 5.97. The van der Waals surface area contributed by atoms with E-state index < -0.39 is 0 Å². The van der Waals surface area contributed by atoms with E-state index in [0.717, 1.165) is 27.9 Å². The molecule has 0 aliphatic carbocycles. The molecule has 1 aliphatic rings. The van der Waals surface area contributed by atoms with E-state index in [1.165, 1.54) is 12.1 Å². The van der Waals surface area contributed by atoms with Gasteiger partial charge in [-0.05, 0) is 41.5 Å². The molecular formula is C19H20Cl2FN3O2. The number of H-pyrrole nitrogens is 1. The average Bonchev–Trinajstić information content (AvgIpc) is 3.27. The van der Waals surface area contributed by atoms with E-state index in [0.29, 0.717) is 17.9 Å². The van der Waals surface area contributed by atoms with E-state index in [1.54, 1.807) is 19.4 Å². The zero-order valence-corrected chi connectivity index (χ0v) is 16.2. The van der Waals surface area contributed by atoms with Gasteiger partial charge in [-0.1, -0.05) is 6.08 Å². The number of aromatic amines is 1. The molecule has 2 aromatic heterocycles. The Balaban J connectivity index is 0.00000131. The Bertz CT molecular complexity index is 975. The van der Waals surface area contributed by atoms with E-state index >= 15 is 0 Å². The van der Waals surface area contributed by atoms with Gasteiger partial charge in [0, 0.05) is 35.4 Å². The fraction of sp³-hybridized carbons (Fsp3) is 0.211. The topological polar surface area (TPSA) is 70.2 Å². The van der Waals surface area contributed by atoms with E-state index in [1.807, 2.05) is 18.2 Å².